The molecule has 0 fully saturated rings. The highest BCUT2D eigenvalue weighted by atomic mass is 16.6. The average Bonchev–Trinajstić information content (AvgIpc) is 2.59. The Balaban J connectivity index is 1.85. The summed E-state index contributed by atoms with van der Waals surface area (Å²) < 4.78 is 10.6. The van der Waals surface area contributed by atoms with Gasteiger partial charge in [-0.3, -0.25) is 0 Å². The first kappa shape index (κ1) is 17.5. The molecular weight excluding hydrogens is 304 g/mol. The molecule has 0 saturated carbocycles. The molecule has 0 aliphatic carbocycles. The first-order valence-corrected chi connectivity index (χ1v) is 7.64. The van der Waals surface area contributed by atoms with Crippen molar-refractivity contribution in [3.63, 3.8) is 0 Å². The van der Waals surface area contributed by atoms with Crippen molar-refractivity contribution in [2.75, 3.05) is 6.61 Å². The van der Waals surface area contributed by atoms with Crippen molar-refractivity contribution in [2.45, 2.75) is 19.4 Å². The highest BCUT2D eigenvalue weighted by Crippen LogP contribution is 2.13. The minimum Gasteiger partial charge on any atom is -0.458 e. The highest BCUT2D eigenvalue weighted by Gasteiger charge is 2.24. The predicted molar refractivity (Wildman–Crippen MR) is 92.4 cm³/mol. The molecule has 2 aromatic rings. The van der Waals surface area contributed by atoms with Crippen LogP contribution in [0.15, 0.2) is 66.7 Å². The van der Waals surface area contributed by atoms with Gasteiger partial charge in [0.2, 0.25) is 0 Å². The molecule has 4 nitrogen and oxygen atoms in total. The summed E-state index contributed by atoms with van der Waals surface area (Å²) in [6, 6.07) is 18.1. The zero-order chi connectivity index (χ0) is 17.4. The molecule has 0 spiro atoms. The van der Waals surface area contributed by atoms with Gasteiger partial charge in [-0.25, -0.2) is 9.59 Å². The fourth-order valence-corrected chi connectivity index (χ4v) is 1.96. The van der Waals surface area contributed by atoms with Crippen LogP contribution < -0.4 is 0 Å². The Morgan fingerprint density at radius 2 is 1.54 bits per heavy atom. The van der Waals surface area contributed by atoms with Crippen molar-refractivity contribution < 1.29 is 19.1 Å². The zero-order valence-electron chi connectivity index (χ0n) is 13.8. The van der Waals surface area contributed by atoms with E-state index in [1.54, 1.807) is 44.2 Å². The average molecular weight is 324 g/mol. The van der Waals surface area contributed by atoms with E-state index in [1.165, 1.54) is 6.08 Å². The first-order valence-electron chi connectivity index (χ1n) is 7.64. The summed E-state index contributed by atoms with van der Waals surface area (Å²) >= 11 is 0. The Morgan fingerprint density at radius 3 is 2.17 bits per heavy atom. The Kier molecular flexibility index (Phi) is 5.90. The van der Waals surface area contributed by atoms with E-state index in [1.807, 2.05) is 36.4 Å². The number of hydrogen-bond acceptors (Lipinski definition) is 4. The minimum absolute atomic E-state index is 0.0222. The lowest BCUT2D eigenvalue weighted by Gasteiger charge is -2.23. The number of ether oxygens (including phenoxy) is 2. The third-order valence-electron chi connectivity index (χ3n) is 3.15. The summed E-state index contributed by atoms with van der Waals surface area (Å²) in [5.41, 5.74) is 0.453. The van der Waals surface area contributed by atoms with Gasteiger partial charge < -0.3 is 9.47 Å². The van der Waals surface area contributed by atoms with Gasteiger partial charge in [-0.05, 0) is 37.6 Å². The maximum absolute atomic E-state index is 11.9. The van der Waals surface area contributed by atoms with Crippen LogP contribution in [-0.2, 0) is 14.3 Å². The van der Waals surface area contributed by atoms with Gasteiger partial charge in [-0.2, -0.15) is 0 Å². The van der Waals surface area contributed by atoms with Crippen molar-refractivity contribution in [1.82, 2.24) is 0 Å². The summed E-state index contributed by atoms with van der Waals surface area (Å²) in [7, 11) is 0. The summed E-state index contributed by atoms with van der Waals surface area (Å²) in [5, 5.41) is 0. The van der Waals surface area contributed by atoms with Gasteiger partial charge in [0.25, 0.3) is 0 Å². The van der Waals surface area contributed by atoms with Crippen LogP contribution in [0.25, 0.3) is 6.08 Å². The Bertz CT molecular complexity index is 703. The van der Waals surface area contributed by atoms with E-state index in [9.17, 15) is 9.59 Å². The van der Waals surface area contributed by atoms with Gasteiger partial charge in [0.1, 0.15) is 12.2 Å². The molecule has 0 unspecified atom stereocenters. The van der Waals surface area contributed by atoms with E-state index in [0.29, 0.717) is 5.56 Å². The van der Waals surface area contributed by atoms with E-state index in [4.69, 9.17) is 9.47 Å². The molecule has 0 amide bonds. The fraction of sp³-hybridized carbons (Fsp3) is 0.200. The molecule has 0 heterocycles. The predicted octanol–water partition coefficient (Wildman–Crippen LogP) is 3.88. The number of hydrogen-bond donors (Lipinski definition) is 0. The molecule has 0 aliphatic heterocycles. The van der Waals surface area contributed by atoms with Crippen molar-refractivity contribution >= 4 is 18.0 Å². The van der Waals surface area contributed by atoms with Crippen LogP contribution in [0.1, 0.15) is 29.8 Å². The molecule has 0 atom stereocenters. The lowest BCUT2D eigenvalue weighted by molar-refractivity contribution is -0.153. The number of benzene rings is 2. The Morgan fingerprint density at radius 1 is 0.958 bits per heavy atom. The number of carbonyl (C=O) groups is 2. The van der Waals surface area contributed by atoms with Gasteiger partial charge in [0.15, 0.2) is 0 Å². The topological polar surface area (TPSA) is 52.6 Å². The molecule has 24 heavy (non-hydrogen) atoms. The van der Waals surface area contributed by atoms with E-state index in [0.717, 1.165) is 5.56 Å². The SMILES string of the molecule is CC(C)(COC(=O)c1ccccc1)OC(=O)C=Cc1ccccc1. The van der Waals surface area contributed by atoms with E-state index < -0.39 is 17.5 Å². The largest absolute Gasteiger partial charge is 0.458 e. The van der Waals surface area contributed by atoms with Crippen LogP contribution in [0.4, 0.5) is 0 Å². The second-order valence-corrected chi connectivity index (χ2v) is 5.87. The van der Waals surface area contributed by atoms with Crippen molar-refractivity contribution in [3.8, 4) is 0 Å². The molecule has 0 N–H and O–H groups in total. The number of esters is 2. The van der Waals surface area contributed by atoms with Gasteiger partial charge >= 0.3 is 11.9 Å². The lowest BCUT2D eigenvalue weighted by atomic mass is 10.1. The van der Waals surface area contributed by atoms with E-state index >= 15 is 0 Å². The second kappa shape index (κ2) is 8.11. The summed E-state index contributed by atoms with van der Waals surface area (Å²) in [5.74, 6) is -0.931. The smallest absolute Gasteiger partial charge is 0.338 e. The molecule has 0 saturated heterocycles. The maximum Gasteiger partial charge on any atom is 0.338 e. The quantitative estimate of drug-likeness (QED) is 0.598. The minimum atomic E-state index is -0.914. The van der Waals surface area contributed by atoms with Gasteiger partial charge in [0, 0.05) is 6.08 Å². The Labute approximate surface area is 141 Å². The van der Waals surface area contributed by atoms with Crippen LogP contribution >= 0.6 is 0 Å². The van der Waals surface area contributed by atoms with Crippen LogP contribution in [0.3, 0.4) is 0 Å². The van der Waals surface area contributed by atoms with Crippen molar-refractivity contribution in [2.24, 2.45) is 0 Å². The number of carbonyl (C=O) groups excluding carboxylic acids is 2. The maximum atomic E-state index is 11.9. The van der Waals surface area contributed by atoms with E-state index in [2.05, 4.69) is 0 Å². The van der Waals surface area contributed by atoms with Crippen molar-refractivity contribution in [3.05, 3.63) is 77.9 Å². The molecule has 4 heteroatoms. The molecular formula is C20H20O4. The summed E-state index contributed by atoms with van der Waals surface area (Å²) in [6.07, 6.45) is 3.03. The molecule has 0 radical (unpaired) electrons. The molecule has 2 rings (SSSR count). The third kappa shape index (κ3) is 5.72. The Hall–Kier alpha value is -2.88. The summed E-state index contributed by atoms with van der Waals surface area (Å²) in [4.78, 5) is 23.8. The first-order chi connectivity index (χ1) is 11.5. The van der Waals surface area contributed by atoms with Crippen LogP contribution in [0.2, 0.25) is 0 Å². The van der Waals surface area contributed by atoms with E-state index in [-0.39, 0.29) is 6.61 Å². The zero-order valence-corrected chi connectivity index (χ0v) is 13.8. The van der Waals surface area contributed by atoms with Gasteiger partial charge in [0.05, 0.1) is 5.56 Å². The fourth-order valence-electron chi connectivity index (χ4n) is 1.96. The van der Waals surface area contributed by atoms with Gasteiger partial charge in [-0.15, -0.1) is 0 Å². The van der Waals surface area contributed by atoms with Crippen molar-refractivity contribution in [1.29, 1.82) is 0 Å². The molecule has 0 bridgehead atoms. The molecule has 0 aliphatic rings. The normalized spacial score (nSPS) is 11.2. The number of rotatable bonds is 6. The second-order valence-electron chi connectivity index (χ2n) is 5.87. The van der Waals surface area contributed by atoms with Crippen LogP contribution in [0, 0.1) is 0 Å². The van der Waals surface area contributed by atoms with Crippen LogP contribution in [-0.4, -0.2) is 24.1 Å². The molecule has 124 valence electrons. The summed E-state index contributed by atoms with van der Waals surface area (Å²) in [6.45, 7) is 3.37. The third-order valence-corrected chi connectivity index (χ3v) is 3.15. The molecule has 0 aromatic heterocycles. The monoisotopic (exact) mass is 324 g/mol. The highest BCUT2D eigenvalue weighted by molar-refractivity contribution is 5.89. The standard InChI is InChI=1S/C20H20O4/c1-20(2,15-23-19(22)17-11-7-4-8-12-17)24-18(21)14-13-16-9-5-3-6-10-16/h3-14H,15H2,1-2H3. The molecule has 2 aromatic carbocycles. The van der Waals surface area contributed by atoms with Gasteiger partial charge in [-0.1, -0.05) is 48.5 Å². The van der Waals surface area contributed by atoms with Crippen LogP contribution in [0.5, 0.6) is 0 Å². The lowest BCUT2D eigenvalue weighted by Crippen LogP contribution is -2.34.